The molecule has 3 saturated carbocycles. The summed E-state index contributed by atoms with van der Waals surface area (Å²) in [5.74, 6) is 2.11. The van der Waals surface area contributed by atoms with E-state index >= 15 is 0 Å². The third kappa shape index (κ3) is 1.91. The van der Waals surface area contributed by atoms with Crippen molar-refractivity contribution in [1.82, 2.24) is 0 Å². The SMILES string of the molecule is CC(=O)OC1CC2C3CC(OC(C)=O)C(C3)C2C1. The largest absolute Gasteiger partial charge is 0.463 e. The lowest BCUT2D eigenvalue weighted by Crippen LogP contribution is -2.31. The van der Waals surface area contributed by atoms with E-state index in [1.165, 1.54) is 20.3 Å². The summed E-state index contributed by atoms with van der Waals surface area (Å²) >= 11 is 0. The van der Waals surface area contributed by atoms with Crippen LogP contribution in [0.3, 0.4) is 0 Å². The molecule has 3 aliphatic carbocycles. The van der Waals surface area contributed by atoms with Crippen LogP contribution in [0.2, 0.25) is 0 Å². The van der Waals surface area contributed by atoms with Gasteiger partial charge in [-0.15, -0.1) is 0 Å². The first kappa shape index (κ1) is 12.0. The molecule has 4 heteroatoms. The monoisotopic (exact) mass is 252 g/mol. The number of carbonyl (C=O) groups is 2. The van der Waals surface area contributed by atoms with Crippen LogP contribution in [0.25, 0.3) is 0 Å². The quantitative estimate of drug-likeness (QED) is 0.704. The molecule has 3 aliphatic rings. The smallest absolute Gasteiger partial charge is 0.302 e. The summed E-state index contributed by atoms with van der Waals surface area (Å²) in [5, 5.41) is 0. The summed E-state index contributed by atoms with van der Waals surface area (Å²) in [4.78, 5) is 22.1. The Morgan fingerprint density at radius 1 is 0.833 bits per heavy atom. The molecule has 0 aromatic heterocycles. The van der Waals surface area contributed by atoms with Gasteiger partial charge in [0.2, 0.25) is 0 Å². The number of hydrogen-bond acceptors (Lipinski definition) is 4. The molecule has 6 unspecified atom stereocenters. The normalized spacial score (nSPS) is 44.8. The minimum Gasteiger partial charge on any atom is -0.463 e. The lowest BCUT2D eigenvalue weighted by molar-refractivity contribution is -0.150. The lowest BCUT2D eigenvalue weighted by Gasteiger charge is -2.30. The second-order valence-electron chi connectivity index (χ2n) is 6.07. The highest BCUT2D eigenvalue weighted by molar-refractivity contribution is 5.66. The van der Waals surface area contributed by atoms with E-state index in [0.29, 0.717) is 23.7 Å². The number of esters is 2. The lowest BCUT2D eigenvalue weighted by atomic mass is 9.80. The van der Waals surface area contributed by atoms with E-state index in [4.69, 9.17) is 9.47 Å². The van der Waals surface area contributed by atoms with Crippen LogP contribution in [0.5, 0.6) is 0 Å². The molecule has 3 rings (SSSR count). The van der Waals surface area contributed by atoms with Gasteiger partial charge in [0.25, 0.3) is 0 Å². The first-order valence-corrected chi connectivity index (χ1v) is 6.89. The van der Waals surface area contributed by atoms with E-state index in [1.54, 1.807) is 0 Å². The third-order valence-corrected chi connectivity index (χ3v) is 5.01. The van der Waals surface area contributed by atoms with Gasteiger partial charge in [0.1, 0.15) is 12.2 Å². The van der Waals surface area contributed by atoms with Gasteiger partial charge < -0.3 is 9.47 Å². The van der Waals surface area contributed by atoms with Gasteiger partial charge in [-0.1, -0.05) is 0 Å². The summed E-state index contributed by atoms with van der Waals surface area (Å²) in [5.41, 5.74) is 0. The summed E-state index contributed by atoms with van der Waals surface area (Å²) in [6.07, 6.45) is 4.39. The van der Waals surface area contributed by atoms with Crippen LogP contribution in [0.4, 0.5) is 0 Å². The zero-order valence-electron chi connectivity index (χ0n) is 10.9. The predicted molar refractivity (Wildman–Crippen MR) is 63.5 cm³/mol. The van der Waals surface area contributed by atoms with E-state index in [-0.39, 0.29) is 24.1 Å². The molecule has 3 fully saturated rings. The minimum absolute atomic E-state index is 0.0962. The molecule has 0 spiro atoms. The molecule has 0 aromatic rings. The highest BCUT2D eigenvalue weighted by atomic mass is 16.5. The van der Waals surface area contributed by atoms with Crippen LogP contribution < -0.4 is 0 Å². The highest BCUT2D eigenvalue weighted by Gasteiger charge is 2.57. The Hall–Kier alpha value is -1.06. The standard InChI is InChI=1S/C14H20O4/c1-7(15)17-10-5-11-9-3-13(12(11)6-10)14(4-9)18-8(2)16/h9-14H,3-6H2,1-2H3. The van der Waals surface area contributed by atoms with Crippen molar-refractivity contribution in [3.8, 4) is 0 Å². The van der Waals surface area contributed by atoms with Gasteiger partial charge in [-0.05, 0) is 49.4 Å². The molecule has 0 amide bonds. The van der Waals surface area contributed by atoms with E-state index in [2.05, 4.69) is 0 Å². The van der Waals surface area contributed by atoms with Gasteiger partial charge in [-0.3, -0.25) is 9.59 Å². The maximum Gasteiger partial charge on any atom is 0.302 e. The number of hydrogen-bond donors (Lipinski definition) is 0. The van der Waals surface area contributed by atoms with Crippen molar-refractivity contribution in [2.45, 2.75) is 51.7 Å². The minimum atomic E-state index is -0.177. The van der Waals surface area contributed by atoms with Crippen molar-refractivity contribution < 1.29 is 19.1 Å². The van der Waals surface area contributed by atoms with E-state index in [0.717, 1.165) is 19.3 Å². The van der Waals surface area contributed by atoms with E-state index in [9.17, 15) is 9.59 Å². The van der Waals surface area contributed by atoms with E-state index in [1.807, 2.05) is 0 Å². The van der Waals surface area contributed by atoms with Crippen molar-refractivity contribution in [3.05, 3.63) is 0 Å². The Bertz CT molecular complexity index is 378. The second-order valence-corrected chi connectivity index (χ2v) is 6.07. The molecule has 0 saturated heterocycles. The molecule has 6 atom stereocenters. The van der Waals surface area contributed by atoms with Crippen LogP contribution in [0, 0.1) is 23.7 Å². The Labute approximate surface area is 107 Å². The molecule has 100 valence electrons. The van der Waals surface area contributed by atoms with Gasteiger partial charge in [0, 0.05) is 13.8 Å². The van der Waals surface area contributed by atoms with Crippen LogP contribution >= 0.6 is 0 Å². The van der Waals surface area contributed by atoms with Gasteiger partial charge in [-0.2, -0.15) is 0 Å². The summed E-state index contributed by atoms with van der Waals surface area (Å²) in [6, 6.07) is 0. The first-order valence-electron chi connectivity index (χ1n) is 6.89. The maximum atomic E-state index is 11.1. The third-order valence-electron chi connectivity index (χ3n) is 5.01. The van der Waals surface area contributed by atoms with E-state index < -0.39 is 0 Å². The predicted octanol–water partition coefficient (Wildman–Crippen LogP) is 1.92. The fourth-order valence-corrected chi connectivity index (χ4v) is 4.64. The van der Waals surface area contributed by atoms with Crippen molar-refractivity contribution in [2.24, 2.45) is 23.7 Å². The molecule has 0 aliphatic heterocycles. The summed E-state index contributed by atoms with van der Waals surface area (Å²) in [6.45, 7) is 2.96. The molecule has 4 nitrogen and oxygen atoms in total. The molecule has 0 radical (unpaired) electrons. The van der Waals surface area contributed by atoms with Gasteiger partial charge in [-0.25, -0.2) is 0 Å². The number of rotatable bonds is 2. The number of carbonyl (C=O) groups excluding carboxylic acids is 2. The molecular weight excluding hydrogens is 232 g/mol. The summed E-state index contributed by atoms with van der Waals surface area (Å²) in [7, 11) is 0. The Kier molecular flexibility index (Phi) is 2.83. The number of fused-ring (bicyclic) bond motifs is 5. The molecule has 0 heterocycles. The molecular formula is C14H20O4. The Morgan fingerprint density at radius 2 is 1.50 bits per heavy atom. The van der Waals surface area contributed by atoms with Crippen LogP contribution in [-0.2, 0) is 19.1 Å². The average Bonchev–Trinajstić information content (AvgIpc) is 2.85. The average molecular weight is 252 g/mol. The second kappa shape index (κ2) is 4.25. The van der Waals surface area contributed by atoms with Crippen LogP contribution in [0.15, 0.2) is 0 Å². The molecule has 0 N–H and O–H groups in total. The first-order chi connectivity index (χ1) is 8.54. The van der Waals surface area contributed by atoms with Gasteiger partial charge in [0.05, 0.1) is 0 Å². The molecule has 0 aromatic carbocycles. The maximum absolute atomic E-state index is 11.1. The zero-order valence-corrected chi connectivity index (χ0v) is 10.9. The topological polar surface area (TPSA) is 52.6 Å². The number of ether oxygens (including phenoxy) is 2. The van der Waals surface area contributed by atoms with Gasteiger partial charge >= 0.3 is 11.9 Å². The Morgan fingerprint density at radius 3 is 2.17 bits per heavy atom. The van der Waals surface area contributed by atoms with Crippen LogP contribution in [-0.4, -0.2) is 24.1 Å². The highest BCUT2D eigenvalue weighted by Crippen LogP contribution is 2.59. The molecule has 2 bridgehead atoms. The Balaban J connectivity index is 1.65. The zero-order chi connectivity index (χ0) is 12.9. The molecule has 18 heavy (non-hydrogen) atoms. The van der Waals surface area contributed by atoms with Gasteiger partial charge in [0.15, 0.2) is 0 Å². The van der Waals surface area contributed by atoms with Crippen molar-refractivity contribution in [3.63, 3.8) is 0 Å². The fourth-order valence-electron chi connectivity index (χ4n) is 4.64. The summed E-state index contributed by atoms with van der Waals surface area (Å²) < 4.78 is 10.8. The fraction of sp³-hybridized carbons (Fsp3) is 0.857. The van der Waals surface area contributed by atoms with Crippen LogP contribution in [0.1, 0.15) is 39.5 Å². The van der Waals surface area contributed by atoms with Crippen molar-refractivity contribution in [2.75, 3.05) is 0 Å². The van der Waals surface area contributed by atoms with Crippen molar-refractivity contribution >= 4 is 11.9 Å². The van der Waals surface area contributed by atoms with Crippen molar-refractivity contribution in [1.29, 1.82) is 0 Å².